The second-order valence-corrected chi connectivity index (χ2v) is 5.12. The lowest BCUT2D eigenvalue weighted by molar-refractivity contribution is -0.141. The number of thiophene rings is 1. The zero-order chi connectivity index (χ0) is 12.4. The van der Waals surface area contributed by atoms with Crippen LogP contribution >= 0.6 is 11.3 Å². The third-order valence-electron chi connectivity index (χ3n) is 3.15. The van der Waals surface area contributed by atoms with E-state index in [4.69, 9.17) is 5.11 Å². The molecule has 4 nitrogen and oxygen atoms in total. The van der Waals surface area contributed by atoms with Gasteiger partial charge >= 0.3 is 5.97 Å². The molecule has 1 N–H and O–H groups in total. The number of carbonyl (C=O) groups excluding carboxylic acids is 1. The smallest absolute Gasteiger partial charge is 0.308 e. The zero-order valence-electron chi connectivity index (χ0n) is 9.68. The Hall–Kier alpha value is -1.36. The van der Waals surface area contributed by atoms with Crippen LogP contribution < -0.4 is 0 Å². The number of hydrogen-bond donors (Lipinski definition) is 1. The summed E-state index contributed by atoms with van der Waals surface area (Å²) < 4.78 is 0. The Bertz CT molecular complexity index is 441. The highest BCUT2D eigenvalue weighted by Crippen LogP contribution is 2.24. The number of rotatable bonds is 3. The predicted octanol–water partition coefficient (Wildman–Crippen LogP) is 1.86. The first kappa shape index (κ1) is 12.1. The number of carboxylic acid groups (broad SMARTS) is 1. The SMILES string of the molecule is CCc1ccsc1C(=O)N1CC[C@@H](C(=O)O)C1. The van der Waals surface area contributed by atoms with Crippen LogP contribution in [0, 0.1) is 5.92 Å². The Labute approximate surface area is 104 Å². The van der Waals surface area contributed by atoms with E-state index in [0.717, 1.165) is 16.9 Å². The van der Waals surface area contributed by atoms with Crippen molar-refractivity contribution in [3.8, 4) is 0 Å². The number of likely N-dealkylation sites (tertiary alicyclic amines) is 1. The van der Waals surface area contributed by atoms with Crippen LogP contribution in [0.25, 0.3) is 0 Å². The fraction of sp³-hybridized carbons (Fsp3) is 0.500. The summed E-state index contributed by atoms with van der Waals surface area (Å²) in [7, 11) is 0. The van der Waals surface area contributed by atoms with Gasteiger partial charge in [0.2, 0.25) is 0 Å². The van der Waals surface area contributed by atoms with Crippen LogP contribution in [0.5, 0.6) is 0 Å². The predicted molar refractivity (Wildman–Crippen MR) is 65.3 cm³/mol. The van der Waals surface area contributed by atoms with Crippen LogP contribution in [-0.4, -0.2) is 35.0 Å². The first-order valence-corrected chi connectivity index (χ1v) is 6.60. The van der Waals surface area contributed by atoms with Crippen LogP contribution in [0.3, 0.4) is 0 Å². The topological polar surface area (TPSA) is 57.6 Å². The Kier molecular flexibility index (Phi) is 3.47. The van der Waals surface area contributed by atoms with Gasteiger partial charge in [0.1, 0.15) is 0 Å². The summed E-state index contributed by atoms with van der Waals surface area (Å²) in [6, 6.07) is 1.96. The lowest BCUT2D eigenvalue weighted by Gasteiger charge is -2.15. The molecule has 2 rings (SSSR count). The van der Waals surface area contributed by atoms with Crippen molar-refractivity contribution in [3.63, 3.8) is 0 Å². The van der Waals surface area contributed by atoms with Crippen LogP contribution in [0.4, 0.5) is 0 Å². The molecule has 1 atom stereocenters. The lowest BCUT2D eigenvalue weighted by atomic mass is 10.1. The zero-order valence-corrected chi connectivity index (χ0v) is 10.5. The number of carboxylic acids is 1. The van der Waals surface area contributed by atoms with Crippen molar-refractivity contribution >= 4 is 23.2 Å². The van der Waals surface area contributed by atoms with Gasteiger partial charge in [0.15, 0.2) is 0 Å². The lowest BCUT2D eigenvalue weighted by Crippen LogP contribution is -2.29. The summed E-state index contributed by atoms with van der Waals surface area (Å²) in [6.07, 6.45) is 1.40. The van der Waals surface area contributed by atoms with E-state index in [-0.39, 0.29) is 5.91 Å². The summed E-state index contributed by atoms with van der Waals surface area (Å²) in [5.41, 5.74) is 1.05. The average Bonchev–Trinajstić information content (AvgIpc) is 2.96. The van der Waals surface area contributed by atoms with Gasteiger partial charge in [-0.25, -0.2) is 0 Å². The van der Waals surface area contributed by atoms with E-state index in [1.165, 1.54) is 11.3 Å². The molecule has 0 spiro atoms. The van der Waals surface area contributed by atoms with E-state index in [1.54, 1.807) is 4.90 Å². The highest BCUT2D eigenvalue weighted by molar-refractivity contribution is 7.12. The minimum absolute atomic E-state index is 0.0133. The molecule has 1 fully saturated rings. The summed E-state index contributed by atoms with van der Waals surface area (Å²) >= 11 is 1.44. The van der Waals surface area contributed by atoms with Crippen LogP contribution in [0.1, 0.15) is 28.6 Å². The molecular formula is C12H15NO3S. The fourth-order valence-corrected chi connectivity index (χ4v) is 3.05. The van der Waals surface area contributed by atoms with Gasteiger partial charge < -0.3 is 10.0 Å². The number of carbonyl (C=O) groups is 2. The third-order valence-corrected chi connectivity index (χ3v) is 4.09. The minimum atomic E-state index is -0.804. The summed E-state index contributed by atoms with van der Waals surface area (Å²) in [5.74, 6) is -1.22. The normalized spacial score (nSPS) is 19.6. The van der Waals surface area contributed by atoms with Gasteiger partial charge in [-0.1, -0.05) is 6.92 Å². The van der Waals surface area contributed by atoms with Crippen molar-refractivity contribution in [2.45, 2.75) is 19.8 Å². The minimum Gasteiger partial charge on any atom is -0.481 e. The van der Waals surface area contributed by atoms with Crippen molar-refractivity contribution < 1.29 is 14.7 Å². The van der Waals surface area contributed by atoms with Crippen molar-refractivity contribution in [3.05, 3.63) is 21.9 Å². The standard InChI is InChI=1S/C12H15NO3S/c1-2-8-4-6-17-10(8)11(14)13-5-3-9(7-13)12(15)16/h4,6,9H,2-3,5,7H2,1H3,(H,15,16)/t9-/m1/s1. The number of aliphatic carboxylic acids is 1. The fourth-order valence-electron chi connectivity index (χ4n) is 2.09. The molecule has 1 aliphatic rings. The molecule has 1 aromatic rings. The molecule has 0 bridgehead atoms. The monoisotopic (exact) mass is 253 g/mol. The maximum Gasteiger partial charge on any atom is 0.308 e. The summed E-state index contributed by atoms with van der Waals surface area (Å²) in [4.78, 5) is 25.5. The van der Waals surface area contributed by atoms with Gasteiger partial charge in [0.25, 0.3) is 5.91 Å². The summed E-state index contributed by atoms with van der Waals surface area (Å²) in [5, 5.41) is 10.8. The van der Waals surface area contributed by atoms with Crippen LogP contribution in [-0.2, 0) is 11.2 Å². The van der Waals surface area contributed by atoms with Crippen LogP contribution in [0.2, 0.25) is 0 Å². The second kappa shape index (κ2) is 4.87. The molecule has 5 heteroatoms. The molecule has 0 aliphatic carbocycles. The van der Waals surface area contributed by atoms with Gasteiger partial charge in [-0.15, -0.1) is 11.3 Å². The molecule has 0 saturated carbocycles. The maximum atomic E-state index is 12.2. The number of aryl methyl sites for hydroxylation is 1. The first-order chi connectivity index (χ1) is 8.13. The van der Waals surface area contributed by atoms with E-state index >= 15 is 0 Å². The Morgan fingerprint density at radius 3 is 2.94 bits per heavy atom. The quantitative estimate of drug-likeness (QED) is 0.894. The highest BCUT2D eigenvalue weighted by atomic mass is 32.1. The first-order valence-electron chi connectivity index (χ1n) is 5.72. The maximum absolute atomic E-state index is 12.2. The second-order valence-electron chi connectivity index (χ2n) is 4.20. The third kappa shape index (κ3) is 2.34. The van der Waals surface area contributed by atoms with E-state index in [2.05, 4.69) is 0 Å². The van der Waals surface area contributed by atoms with Crippen molar-refractivity contribution in [1.82, 2.24) is 4.90 Å². The van der Waals surface area contributed by atoms with Crippen LogP contribution in [0.15, 0.2) is 11.4 Å². The summed E-state index contributed by atoms with van der Waals surface area (Å²) in [6.45, 7) is 2.91. The molecule has 0 unspecified atom stereocenters. The Morgan fingerprint density at radius 2 is 2.35 bits per heavy atom. The molecule has 2 heterocycles. The van der Waals surface area contributed by atoms with E-state index in [1.807, 2.05) is 18.4 Å². The molecule has 1 aromatic heterocycles. The van der Waals surface area contributed by atoms with Crippen molar-refractivity contribution in [1.29, 1.82) is 0 Å². The van der Waals surface area contributed by atoms with Gasteiger partial charge in [0.05, 0.1) is 10.8 Å². The van der Waals surface area contributed by atoms with E-state index in [9.17, 15) is 9.59 Å². The van der Waals surface area contributed by atoms with Gasteiger partial charge in [-0.05, 0) is 29.9 Å². The number of amides is 1. The molecule has 92 valence electrons. The van der Waals surface area contributed by atoms with E-state index < -0.39 is 11.9 Å². The number of nitrogens with zero attached hydrogens (tertiary/aromatic N) is 1. The molecule has 17 heavy (non-hydrogen) atoms. The highest BCUT2D eigenvalue weighted by Gasteiger charge is 2.32. The molecular weight excluding hydrogens is 238 g/mol. The van der Waals surface area contributed by atoms with E-state index in [0.29, 0.717) is 19.5 Å². The average molecular weight is 253 g/mol. The Morgan fingerprint density at radius 1 is 1.59 bits per heavy atom. The van der Waals surface area contributed by atoms with Crippen molar-refractivity contribution in [2.24, 2.45) is 5.92 Å². The molecule has 0 aromatic carbocycles. The van der Waals surface area contributed by atoms with Gasteiger partial charge in [-0.2, -0.15) is 0 Å². The number of hydrogen-bond acceptors (Lipinski definition) is 3. The van der Waals surface area contributed by atoms with Crippen molar-refractivity contribution in [2.75, 3.05) is 13.1 Å². The molecule has 0 radical (unpaired) electrons. The largest absolute Gasteiger partial charge is 0.481 e. The Balaban J connectivity index is 2.09. The van der Waals surface area contributed by atoms with Gasteiger partial charge in [-0.3, -0.25) is 9.59 Å². The van der Waals surface area contributed by atoms with Gasteiger partial charge in [0, 0.05) is 13.1 Å². The molecule has 1 amide bonds. The molecule has 1 saturated heterocycles. The molecule has 1 aliphatic heterocycles.